The summed E-state index contributed by atoms with van der Waals surface area (Å²) in [7, 11) is 0. The van der Waals surface area contributed by atoms with Crippen molar-refractivity contribution in [3.05, 3.63) is 29.9 Å². The highest BCUT2D eigenvalue weighted by Crippen LogP contribution is 2.43. The van der Waals surface area contributed by atoms with Crippen molar-refractivity contribution in [3.8, 4) is 0 Å². The SMILES string of the molecule is Cc1noc([C@@]23COC[C@@H]2CN(c2ncc(F)cn2)C3)n1. The van der Waals surface area contributed by atoms with Crippen LogP contribution in [-0.4, -0.2) is 46.4 Å². The molecule has 0 unspecified atom stereocenters. The van der Waals surface area contributed by atoms with Crippen molar-refractivity contribution < 1.29 is 13.7 Å². The molecule has 2 aromatic rings. The van der Waals surface area contributed by atoms with Gasteiger partial charge in [0.05, 0.1) is 31.0 Å². The fraction of sp³-hybridized carbons (Fsp3) is 0.538. The number of halogens is 1. The Morgan fingerprint density at radius 1 is 1.38 bits per heavy atom. The molecule has 2 fully saturated rings. The number of hydrogen-bond donors (Lipinski definition) is 0. The van der Waals surface area contributed by atoms with Crippen LogP contribution in [0.15, 0.2) is 16.9 Å². The first-order valence-electron chi connectivity index (χ1n) is 6.78. The molecule has 2 saturated heterocycles. The molecule has 0 bridgehead atoms. The molecule has 0 radical (unpaired) electrons. The molecule has 0 spiro atoms. The molecule has 0 N–H and O–H groups in total. The lowest BCUT2D eigenvalue weighted by atomic mass is 9.81. The molecule has 2 atom stereocenters. The van der Waals surface area contributed by atoms with Gasteiger partial charge in [0.15, 0.2) is 11.6 Å². The van der Waals surface area contributed by atoms with Gasteiger partial charge in [-0.2, -0.15) is 4.98 Å². The average Bonchev–Trinajstić information content (AvgIpc) is 3.12. The van der Waals surface area contributed by atoms with Crippen molar-refractivity contribution in [1.29, 1.82) is 0 Å². The van der Waals surface area contributed by atoms with Crippen LogP contribution in [0.2, 0.25) is 0 Å². The second-order valence-electron chi connectivity index (χ2n) is 5.60. The monoisotopic (exact) mass is 291 g/mol. The van der Waals surface area contributed by atoms with Crippen molar-refractivity contribution in [2.75, 3.05) is 31.2 Å². The third-order valence-electron chi connectivity index (χ3n) is 4.22. The summed E-state index contributed by atoms with van der Waals surface area (Å²) >= 11 is 0. The van der Waals surface area contributed by atoms with E-state index < -0.39 is 5.82 Å². The zero-order valence-electron chi connectivity index (χ0n) is 11.5. The van der Waals surface area contributed by atoms with E-state index in [4.69, 9.17) is 9.26 Å². The van der Waals surface area contributed by atoms with E-state index in [2.05, 4.69) is 20.1 Å². The maximum atomic E-state index is 13.0. The van der Waals surface area contributed by atoms with Crippen molar-refractivity contribution in [2.45, 2.75) is 12.3 Å². The van der Waals surface area contributed by atoms with E-state index in [1.54, 1.807) is 6.92 Å². The minimum Gasteiger partial charge on any atom is -0.380 e. The molecule has 2 aromatic heterocycles. The molecule has 0 aliphatic carbocycles. The number of aromatic nitrogens is 4. The second-order valence-corrected chi connectivity index (χ2v) is 5.60. The van der Waals surface area contributed by atoms with Crippen LogP contribution >= 0.6 is 0 Å². The zero-order valence-corrected chi connectivity index (χ0v) is 11.5. The summed E-state index contributed by atoms with van der Waals surface area (Å²) in [6, 6.07) is 0. The van der Waals surface area contributed by atoms with E-state index in [0.717, 1.165) is 6.54 Å². The Morgan fingerprint density at radius 2 is 2.19 bits per heavy atom. The van der Waals surface area contributed by atoms with Gasteiger partial charge in [-0.05, 0) is 6.92 Å². The van der Waals surface area contributed by atoms with Gasteiger partial charge in [-0.25, -0.2) is 14.4 Å². The highest BCUT2D eigenvalue weighted by atomic mass is 19.1. The third-order valence-corrected chi connectivity index (χ3v) is 4.22. The first kappa shape index (κ1) is 12.6. The number of fused-ring (bicyclic) bond motifs is 1. The molecule has 0 saturated carbocycles. The molecular weight excluding hydrogens is 277 g/mol. The van der Waals surface area contributed by atoms with Crippen LogP contribution in [0.5, 0.6) is 0 Å². The largest absolute Gasteiger partial charge is 0.380 e. The number of ether oxygens (including phenoxy) is 1. The lowest BCUT2D eigenvalue weighted by molar-refractivity contribution is 0.164. The molecule has 110 valence electrons. The average molecular weight is 291 g/mol. The molecular formula is C13H14FN5O2. The van der Waals surface area contributed by atoms with Crippen LogP contribution in [-0.2, 0) is 10.2 Å². The molecule has 2 aliphatic heterocycles. The Kier molecular flexibility index (Phi) is 2.68. The summed E-state index contributed by atoms with van der Waals surface area (Å²) < 4.78 is 24.0. The number of hydrogen-bond acceptors (Lipinski definition) is 7. The summed E-state index contributed by atoms with van der Waals surface area (Å²) in [5.41, 5.74) is -0.320. The Bertz CT molecular complexity index is 661. The van der Waals surface area contributed by atoms with Crippen molar-refractivity contribution in [3.63, 3.8) is 0 Å². The molecule has 7 nitrogen and oxygen atoms in total. The van der Waals surface area contributed by atoms with E-state index >= 15 is 0 Å². The highest BCUT2D eigenvalue weighted by molar-refractivity contribution is 5.37. The van der Waals surface area contributed by atoms with Gasteiger partial charge < -0.3 is 14.2 Å². The number of rotatable bonds is 2. The molecule has 4 rings (SSSR count). The van der Waals surface area contributed by atoms with Gasteiger partial charge in [0.25, 0.3) is 0 Å². The predicted molar refractivity (Wildman–Crippen MR) is 69.2 cm³/mol. The summed E-state index contributed by atoms with van der Waals surface area (Å²) in [5, 5.41) is 3.88. The van der Waals surface area contributed by atoms with Gasteiger partial charge in [0.1, 0.15) is 0 Å². The van der Waals surface area contributed by atoms with Crippen LogP contribution in [0.1, 0.15) is 11.7 Å². The Balaban J connectivity index is 1.67. The zero-order chi connectivity index (χ0) is 14.4. The van der Waals surface area contributed by atoms with Gasteiger partial charge in [-0.15, -0.1) is 0 Å². The van der Waals surface area contributed by atoms with Crippen molar-refractivity contribution in [1.82, 2.24) is 20.1 Å². The maximum absolute atomic E-state index is 13.0. The Morgan fingerprint density at radius 3 is 2.90 bits per heavy atom. The number of aryl methyl sites for hydroxylation is 1. The standard InChI is InChI=1S/C13H14FN5O2/c1-8-17-11(21-18-8)13-6-19(4-9(13)5-20-7-13)12-15-2-10(14)3-16-12/h2-3,9H,4-7H2,1H3/t9-,13-/m0/s1. The first-order valence-corrected chi connectivity index (χ1v) is 6.78. The molecule has 0 aromatic carbocycles. The summed E-state index contributed by atoms with van der Waals surface area (Å²) in [6.45, 7) is 4.33. The van der Waals surface area contributed by atoms with Crippen LogP contribution < -0.4 is 4.90 Å². The molecule has 2 aliphatic rings. The lowest BCUT2D eigenvalue weighted by Gasteiger charge is -2.22. The van der Waals surface area contributed by atoms with Crippen molar-refractivity contribution >= 4 is 5.95 Å². The minimum atomic E-state index is -0.441. The molecule has 0 amide bonds. The minimum absolute atomic E-state index is 0.242. The predicted octanol–water partition coefficient (Wildman–Crippen LogP) is 0.712. The van der Waals surface area contributed by atoms with Gasteiger partial charge >= 0.3 is 0 Å². The quantitative estimate of drug-likeness (QED) is 0.806. The maximum Gasteiger partial charge on any atom is 0.237 e. The van der Waals surface area contributed by atoms with E-state index in [1.807, 2.05) is 4.90 Å². The third kappa shape index (κ3) is 1.90. The van der Waals surface area contributed by atoms with Gasteiger partial charge in [-0.3, -0.25) is 0 Å². The summed E-state index contributed by atoms with van der Waals surface area (Å²) in [5.74, 6) is 1.53. The Labute approximate surface area is 120 Å². The fourth-order valence-corrected chi connectivity index (χ4v) is 3.16. The van der Waals surface area contributed by atoms with Crippen LogP contribution in [0.3, 0.4) is 0 Å². The van der Waals surface area contributed by atoms with E-state index in [0.29, 0.717) is 37.4 Å². The van der Waals surface area contributed by atoms with Gasteiger partial charge in [0, 0.05) is 19.0 Å². The molecule has 21 heavy (non-hydrogen) atoms. The normalized spacial score (nSPS) is 28.1. The van der Waals surface area contributed by atoms with Crippen LogP contribution in [0.4, 0.5) is 10.3 Å². The fourth-order valence-electron chi connectivity index (χ4n) is 3.16. The number of anilines is 1. The van der Waals surface area contributed by atoms with E-state index in [-0.39, 0.29) is 11.3 Å². The van der Waals surface area contributed by atoms with E-state index in [9.17, 15) is 4.39 Å². The number of nitrogens with zero attached hydrogens (tertiary/aromatic N) is 5. The van der Waals surface area contributed by atoms with Gasteiger partial charge in [-0.1, -0.05) is 5.16 Å². The second kappa shape index (κ2) is 4.45. The molecule has 8 heteroatoms. The lowest BCUT2D eigenvalue weighted by Crippen LogP contribution is -2.36. The van der Waals surface area contributed by atoms with Crippen molar-refractivity contribution in [2.24, 2.45) is 5.92 Å². The molecule has 4 heterocycles. The van der Waals surface area contributed by atoms with E-state index in [1.165, 1.54) is 12.4 Å². The highest BCUT2D eigenvalue weighted by Gasteiger charge is 2.56. The first-order chi connectivity index (χ1) is 10.2. The topological polar surface area (TPSA) is 77.2 Å². The summed E-state index contributed by atoms with van der Waals surface area (Å²) in [4.78, 5) is 14.5. The van der Waals surface area contributed by atoms with Crippen LogP contribution in [0.25, 0.3) is 0 Å². The smallest absolute Gasteiger partial charge is 0.237 e. The van der Waals surface area contributed by atoms with Crippen LogP contribution in [0, 0.1) is 18.7 Å². The Hall–Kier alpha value is -2.09. The van der Waals surface area contributed by atoms with Gasteiger partial charge in [0.2, 0.25) is 11.8 Å². The summed E-state index contributed by atoms with van der Waals surface area (Å²) in [6.07, 6.45) is 2.35.